The number of fused-ring (bicyclic) bond motifs is 1. The Morgan fingerprint density at radius 3 is 2.73 bits per heavy atom. The third kappa shape index (κ3) is 4.34. The Hall–Kier alpha value is -2.85. The molecule has 0 saturated heterocycles. The zero-order valence-corrected chi connectivity index (χ0v) is 18.1. The number of aryl methyl sites for hydroxylation is 1. The molecule has 4 rings (SSSR count). The number of likely N-dealkylation sites (N-methyl/N-ethyl adjacent to an activating group) is 1. The van der Waals surface area contributed by atoms with Crippen LogP contribution in [0.1, 0.15) is 24.6 Å². The Bertz CT molecular complexity index is 1110. The predicted octanol–water partition coefficient (Wildman–Crippen LogP) is 5.49. The number of benzene rings is 1. The van der Waals surface area contributed by atoms with Gasteiger partial charge in [0.1, 0.15) is 5.65 Å². The fraction of sp³-hybridized carbons (Fsp3) is 0.280. The number of halogens is 1. The molecule has 154 valence electrons. The third-order valence-corrected chi connectivity index (χ3v) is 5.83. The summed E-state index contributed by atoms with van der Waals surface area (Å²) in [5.41, 5.74) is 4.70. The van der Waals surface area contributed by atoms with Gasteiger partial charge in [-0.05, 0) is 56.0 Å². The number of imidazole rings is 1. The highest BCUT2D eigenvalue weighted by molar-refractivity contribution is 6.30. The number of pyridine rings is 1. The zero-order valence-electron chi connectivity index (χ0n) is 17.4. The van der Waals surface area contributed by atoms with Gasteiger partial charge in [-0.3, -0.25) is 4.79 Å². The molecular formula is C25H26ClN3O. The minimum Gasteiger partial charge on any atom is -0.342 e. The normalized spacial score (nSPS) is 15.6. The summed E-state index contributed by atoms with van der Waals surface area (Å²) >= 11 is 6.08. The topological polar surface area (TPSA) is 37.6 Å². The fourth-order valence-corrected chi connectivity index (χ4v) is 4.04. The second-order valence-electron chi connectivity index (χ2n) is 7.76. The number of nitrogens with zero attached hydrogens (tertiary/aromatic N) is 3. The molecule has 1 aromatic carbocycles. The van der Waals surface area contributed by atoms with Gasteiger partial charge < -0.3 is 9.30 Å². The Morgan fingerprint density at radius 1 is 1.23 bits per heavy atom. The summed E-state index contributed by atoms with van der Waals surface area (Å²) in [4.78, 5) is 20.1. The highest BCUT2D eigenvalue weighted by Crippen LogP contribution is 2.27. The standard InChI is InChI=1S/C25H26ClN3O/c1-3-28(17-19-7-5-4-6-8-19)24(30)16-22-25(20-9-11-21(26)12-10-20)27-23-15-18(2)13-14-29(22)23/h4-7,9-15,19H,3,8,16-17H2,1-2H3. The molecule has 4 nitrogen and oxygen atoms in total. The van der Waals surface area contributed by atoms with Crippen LogP contribution in [0.2, 0.25) is 5.02 Å². The monoisotopic (exact) mass is 419 g/mol. The van der Waals surface area contributed by atoms with E-state index in [0.717, 1.165) is 41.1 Å². The van der Waals surface area contributed by atoms with Crippen LogP contribution in [0.3, 0.4) is 0 Å². The fourth-order valence-electron chi connectivity index (χ4n) is 3.92. The number of hydrogen-bond acceptors (Lipinski definition) is 2. The highest BCUT2D eigenvalue weighted by atomic mass is 35.5. The molecule has 5 heteroatoms. The van der Waals surface area contributed by atoms with Gasteiger partial charge >= 0.3 is 0 Å². The molecule has 2 heterocycles. The van der Waals surface area contributed by atoms with Gasteiger partial charge in [0.15, 0.2) is 0 Å². The highest BCUT2D eigenvalue weighted by Gasteiger charge is 2.22. The van der Waals surface area contributed by atoms with Gasteiger partial charge in [0.25, 0.3) is 0 Å². The molecular weight excluding hydrogens is 394 g/mol. The van der Waals surface area contributed by atoms with Gasteiger partial charge in [0, 0.05) is 29.9 Å². The van der Waals surface area contributed by atoms with Crippen molar-refractivity contribution < 1.29 is 4.79 Å². The van der Waals surface area contributed by atoms with E-state index in [1.54, 1.807) is 0 Å². The molecule has 0 spiro atoms. The maximum atomic E-state index is 13.3. The summed E-state index contributed by atoms with van der Waals surface area (Å²) < 4.78 is 2.03. The van der Waals surface area contributed by atoms with Crippen LogP contribution in [0.4, 0.5) is 0 Å². The lowest BCUT2D eigenvalue weighted by Gasteiger charge is -2.25. The maximum absolute atomic E-state index is 13.3. The number of hydrogen-bond donors (Lipinski definition) is 0. The lowest BCUT2D eigenvalue weighted by Crippen LogP contribution is -2.36. The van der Waals surface area contributed by atoms with E-state index >= 15 is 0 Å². The summed E-state index contributed by atoms with van der Waals surface area (Å²) in [6.07, 6.45) is 11.8. The van der Waals surface area contributed by atoms with Crippen molar-refractivity contribution in [2.24, 2.45) is 5.92 Å². The molecule has 0 radical (unpaired) electrons. The van der Waals surface area contributed by atoms with E-state index in [0.29, 0.717) is 23.9 Å². The summed E-state index contributed by atoms with van der Waals surface area (Å²) in [5.74, 6) is 0.498. The first-order valence-electron chi connectivity index (χ1n) is 10.4. The Morgan fingerprint density at radius 2 is 2.03 bits per heavy atom. The molecule has 1 aliphatic carbocycles. The Balaban J connectivity index is 1.67. The minimum absolute atomic E-state index is 0.123. The number of allylic oxidation sites excluding steroid dienone is 3. The van der Waals surface area contributed by atoms with Crippen molar-refractivity contribution >= 4 is 23.2 Å². The van der Waals surface area contributed by atoms with E-state index in [-0.39, 0.29) is 5.91 Å². The number of amides is 1. The van der Waals surface area contributed by atoms with Crippen molar-refractivity contribution in [1.82, 2.24) is 14.3 Å². The van der Waals surface area contributed by atoms with Gasteiger partial charge in [0.2, 0.25) is 5.91 Å². The van der Waals surface area contributed by atoms with E-state index in [1.165, 1.54) is 0 Å². The number of carbonyl (C=O) groups is 1. The molecule has 0 fully saturated rings. The van der Waals surface area contributed by atoms with Crippen LogP contribution in [0.5, 0.6) is 0 Å². The molecule has 0 aliphatic heterocycles. The van der Waals surface area contributed by atoms with Crippen molar-refractivity contribution in [1.29, 1.82) is 0 Å². The molecule has 0 bridgehead atoms. The zero-order chi connectivity index (χ0) is 21.1. The van der Waals surface area contributed by atoms with Gasteiger partial charge in [-0.1, -0.05) is 48.0 Å². The van der Waals surface area contributed by atoms with Crippen LogP contribution in [0, 0.1) is 12.8 Å². The average Bonchev–Trinajstić information content (AvgIpc) is 3.10. The van der Waals surface area contributed by atoms with E-state index in [4.69, 9.17) is 16.6 Å². The molecule has 0 saturated carbocycles. The maximum Gasteiger partial charge on any atom is 0.228 e. The van der Waals surface area contributed by atoms with Gasteiger partial charge in [-0.15, -0.1) is 0 Å². The molecule has 3 aromatic rings. The second kappa shape index (κ2) is 8.88. The first-order valence-corrected chi connectivity index (χ1v) is 10.8. The van der Waals surface area contributed by atoms with E-state index in [1.807, 2.05) is 65.7 Å². The molecule has 1 unspecified atom stereocenters. The summed E-state index contributed by atoms with van der Waals surface area (Å²) in [6, 6.07) is 11.7. The van der Waals surface area contributed by atoms with E-state index in [9.17, 15) is 4.79 Å². The van der Waals surface area contributed by atoms with E-state index < -0.39 is 0 Å². The first kappa shape index (κ1) is 20.4. The van der Waals surface area contributed by atoms with Crippen molar-refractivity contribution in [3.63, 3.8) is 0 Å². The van der Waals surface area contributed by atoms with Crippen LogP contribution in [-0.4, -0.2) is 33.3 Å². The average molecular weight is 420 g/mol. The lowest BCUT2D eigenvalue weighted by atomic mass is 10.00. The summed E-state index contributed by atoms with van der Waals surface area (Å²) in [7, 11) is 0. The SMILES string of the molecule is CCN(CC1C=CC=CC1)C(=O)Cc1c(-c2ccc(Cl)cc2)nc2cc(C)ccn12. The number of aromatic nitrogens is 2. The number of rotatable bonds is 6. The lowest BCUT2D eigenvalue weighted by molar-refractivity contribution is -0.130. The van der Waals surface area contributed by atoms with Crippen LogP contribution in [0.25, 0.3) is 16.9 Å². The molecule has 1 atom stereocenters. The minimum atomic E-state index is 0.123. The molecule has 1 aliphatic rings. The van der Waals surface area contributed by atoms with Crippen molar-refractivity contribution in [2.75, 3.05) is 13.1 Å². The van der Waals surface area contributed by atoms with Gasteiger partial charge in [0.05, 0.1) is 17.8 Å². The van der Waals surface area contributed by atoms with Crippen molar-refractivity contribution in [3.8, 4) is 11.3 Å². The van der Waals surface area contributed by atoms with Crippen LogP contribution in [-0.2, 0) is 11.2 Å². The first-order chi connectivity index (χ1) is 14.5. The largest absolute Gasteiger partial charge is 0.342 e. The van der Waals surface area contributed by atoms with Crippen LogP contribution >= 0.6 is 11.6 Å². The molecule has 2 aromatic heterocycles. The predicted molar refractivity (Wildman–Crippen MR) is 123 cm³/mol. The van der Waals surface area contributed by atoms with E-state index in [2.05, 4.69) is 24.3 Å². The second-order valence-corrected chi connectivity index (χ2v) is 8.20. The summed E-state index contributed by atoms with van der Waals surface area (Å²) in [5, 5.41) is 0.683. The van der Waals surface area contributed by atoms with Crippen LogP contribution in [0.15, 0.2) is 66.9 Å². The quantitative estimate of drug-likeness (QED) is 0.530. The molecule has 0 N–H and O–H groups in total. The Labute approximate surface area is 182 Å². The smallest absolute Gasteiger partial charge is 0.228 e. The number of carbonyl (C=O) groups excluding carboxylic acids is 1. The van der Waals surface area contributed by atoms with Crippen molar-refractivity contribution in [2.45, 2.75) is 26.7 Å². The molecule has 1 amide bonds. The van der Waals surface area contributed by atoms with Gasteiger partial charge in [-0.25, -0.2) is 4.98 Å². The summed E-state index contributed by atoms with van der Waals surface area (Å²) in [6.45, 7) is 5.52. The van der Waals surface area contributed by atoms with Crippen LogP contribution < -0.4 is 0 Å². The molecule has 30 heavy (non-hydrogen) atoms. The Kier molecular flexibility index (Phi) is 6.05. The third-order valence-electron chi connectivity index (χ3n) is 5.58. The van der Waals surface area contributed by atoms with Crippen molar-refractivity contribution in [3.05, 3.63) is 83.2 Å². The van der Waals surface area contributed by atoms with Gasteiger partial charge in [-0.2, -0.15) is 0 Å².